The normalized spacial score (nSPS) is 13.9. The smallest absolute Gasteiger partial charge is 0.403 e. The number of phenols is 1. The first-order valence-electron chi connectivity index (χ1n) is 9.24. The SMILES string of the molecule is CCOc1ccc(C(Nc2ccc(C)cc2)P(=O)(O)Oc2cccc(O)c2)cc1. The molecule has 29 heavy (non-hydrogen) atoms. The van der Waals surface area contributed by atoms with E-state index in [0.717, 1.165) is 5.56 Å². The van der Waals surface area contributed by atoms with Gasteiger partial charge in [0.2, 0.25) is 0 Å². The molecule has 0 saturated carbocycles. The Morgan fingerprint density at radius 1 is 1.00 bits per heavy atom. The molecule has 152 valence electrons. The zero-order chi connectivity index (χ0) is 20.9. The maximum Gasteiger partial charge on any atom is 0.403 e. The molecular formula is C22H24NO5P. The maximum atomic E-state index is 13.2. The van der Waals surface area contributed by atoms with Crippen LogP contribution in [-0.2, 0) is 4.57 Å². The summed E-state index contributed by atoms with van der Waals surface area (Å²) in [6, 6.07) is 20.3. The summed E-state index contributed by atoms with van der Waals surface area (Å²) in [5.41, 5.74) is 2.33. The summed E-state index contributed by atoms with van der Waals surface area (Å²) in [6.45, 7) is 4.39. The first kappa shape index (κ1) is 20.8. The van der Waals surface area contributed by atoms with E-state index in [1.165, 1.54) is 18.2 Å². The van der Waals surface area contributed by atoms with Crippen LogP contribution in [0.15, 0.2) is 72.8 Å². The van der Waals surface area contributed by atoms with Crippen molar-refractivity contribution in [1.29, 1.82) is 0 Å². The maximum absolute atomic E-state index is 13.2. The first-order chi connectivity index (χ1) is 13.9. The molecule has 6 nitrogen and oxygen atoms in total. The minimum atomic E-state index is -4.24. The van der Waals surface area contributed by atoms with Crippen LogP contribution in [0.3, 0.4) is 0 Å². The van der Waals surface area contributed by atoms with E-state index in [0.29, 0.717) is 23.6 Å². The zero-order valence-electron chi connectivity index (χ0n) is 16.3. The molecule has 0 aromatic heterocycles. The highest BCUT2D eigenvalue weighted by atomic mass is 31.2. The minimum Gasteiger partial charge on any atom is -0.508 e. The van der Waals surface area contributed by atoms with Crippen molar-refractivity contribution in [2.45, 2.75) is 19.6 Å². The molecule has 3 rings (SSSR count). The number of hydrogen-bond acceptors (Lipinski definition) is 5. The number of ether oxygens (including phenoxy) is 1. The van der Waals surface area contributed by atoms with Crippen LogP contribution < -0.4 is 14.6 Å². The number of anilines is 1. The number of rotatable bonds is 8. The predicted octanol–water partition coefficient (Wildman–Crippen LogP) is 5.47. The molecule has 0 bridgehead atoms. The molecule has 0 radical (unpaired) electrons. The quantitative estimate of drug-likeness (QED) is 0.424. The lowest BCUT2D eigenvalue weighted by Gasteiger charge is -2.25. The van der Waals surface area contributed by atoms with Gasteiger partial charge in [-0.1, -0.05) is 35.9 Å². The summed E-state index contributed by atoms with van der Waals surface area (Å²) in [6.07, 6.45) is 0. The highest BCUT2D eigenvalue weighted by molar-refractivity contribution is 7.53. The number of aryl methyl sites for hydroxylation is 1. The Bertz CT molecular complexity index is 989. The van der Waals surface area contributed by atoms with E-state index in [2.05, 4.69) is 5.32 Å². The summed E-state index contributed by atoms with van der Waals surface area (Å²) < 4.78 is 24.1. The number of benzene rings is 3. The fourth-order valence-electron chi connectivity index (χ4n) is 2.82. The molecular weight excluding hydrogens is 389 g/mol. The molecule has 0 aliphatic heterocycles. The second-order valence-electron chi connectivity index (χ2n) is 6.57. The van der Waals surface area contributed by atoms with Crippen molar-refractivity contribution in [2.75, 3.05) is 11.9 Å². The second kappa shape index (κ2) is 9.03. The van der Waals surface area contributed by atoms with Gasteiger partial charge in [-0.25, -0.2) is 4.57 Å². The Kier molecular flexibility index (Phi) is 6.47. The summed E-state index contributed by atoms with van der Waals surface area (Å²) in [7, 11) is -4.24. The van der Waals surface area contributed by atoms with E-state index < -0.39 is 13.4 Å². The second-order valence-corrected chi connectivity index (χ2v) is 8.39. The van der Waals surface area contributed by atoms with Crippen LogP contribution in [0.5, 0.6) is 17.2 Å². The van der Waals surface area contributed by atoms with Gasteiger partial charge in [0.15, 0.2) is 5.78 Å². The summed E-state index contributed by atoms with van der Waals surface area (Å²) in [5, 5.41) is 12.7. The highest BCUT2D eigenvalue weighted by Crippen LogP contribution is 2.56. The van der Waals surface area contributed by atoms with E-state index in [-0.39, 0.29) is 11.5 Å². The third-order valence-electron chi connectivity index (χ3n) is 4.24. The molecule has 3 aromatic carbocycles. The number of hydrogen-bond donors (Lipinski definition) is 3. The average Bonchev–Trinajstić information content (AvgIpc) is 2.68. The van der Waals surface area contributed by atoms with Crippen LogP contribution in [0.25, 0.3) is 0 Å². The van der Waals surface area contributed by atoms with E-state index in [1.54, 1.807) is 30.3 Å². The Hall–Kier alpha value is -2.95. The topological polar surface area (TPSA) is 88.0 Å². The van der Waals surface area contributed by atoms with Gasteiger partial charge in [0.1, 0.15) is 17.2 Å². The third kappa shape index (κ3) is 5.53. The van der Waals surface area contributed by atoms with Crippen molar-refractivity contribution >= 4 is 13.3 Å². The molecule has 0 fully saturated rings. The van der Waals surface area contributed by atoms with Gasteiger partial charge in [-0.3, -0.25) is 0 Å². The third-order valence-corrected chi connectivity index (χ3v) is 5.79. The van der Waals surface area contributed by atoms with Gasteiger partial charge >= 0.3 is 7.60 Å². The van der Waals surface area contributed by atoms with Crippen molar-refractivity contribution in [3.8, 4) is 17.2 Å². The Labute approximate surface area is 170 Å². The molecule has 3 aromatic rings. The molecule has 0 saturated heterocycles. The van der Waals surface area contributed by atoms with Crippen LogP contribution >= 0.6 is 7.60 Å². The molecule has 0 amide bonds. The molecule has 2 unspecified atom stereocenters. The van der Waals surface area contributed by atoms with Gasteiger partial charge in [-0.2, -0.15) is 0 Å². The number of aromatic hydroxyl groups is 1. The monoisotopic (exact) mass is 413 g/mol. The van der Waals surface area contributed by atoms with Gasteiger partial charge < -0.3 is 24.6 Å². The number of nitrogens with one attached hydrogen (secondary N) is 1. The molecule has 0 heterocycles. The van der Waals surface area contributed by atoms with Crippen molar-refractivity contribution in [3.63, 3.8) is 0 Å². The molecule has 3 N–H and O–H groups in total. The Balaban J connectivity index is 1.94. The minimum absolute atomic E-state index is 0.0494. The fourth-order valence-corrected chi connectivity index (χ4v) is 4.20. The lowest BCUT2D eigenvalue weighted by molar-refractivity contribution is 0.340. The van der Waals surface area contributed by atoms with E-state index in [9.17, 15) is 14.6 Å². The van der Waals surface area contributed by atoms with Crippen molar-refractivity contribution in [2.24, 2.45) is 0 Å². The standard InChI is InChI=1S/C22H24NO5P/c1-3-27-20-13-9-17(10-14-20)22(23-18-11-7-16(2)8-12-18)29(25,26)28-21-6-4-5-19(24)15-21/h4-15,22-24H,3H2,1-2H3,(H,25,26). The van der Waals surface area contributed by atoms with Gasteiger partial charge in [-0.05, 0) is 55.8 Å². The van der Waals surface area contributed by atoms with Crippen molar-refractivity contribution in [1.82, 2.24) is 0 Å². The largest absolute Gasteiger partial charge is 0.508 e. The van der Waals surface area contributed by atoms with Gasteiger partial charge in [0.05, 0.1) is 6.61 Å². The Morgan fingerprint density at radius 2 is 1.69 bits per heavy atom. The summed E-state index contributed by atoms with van der Waals surface area (Å²) in [4.78, 5) is 10.8. The highest BCUT2D eigenvalue weighted by Gasteiger charge is 2.36. The van der Waals surface area contributed by atoms with E-state index in [1.807, 2.05) is 38.1 Å². The molecule has 2 atom stereocenters. The van der Waals surface area contributed by atoms with Crippen molar-refractivity contribution in [3.05, 3.63) is 83.9 Å². The van der Waals surface area contributed by atoms with Gasteiger partial charge in [0, 0.05) is 11.8 Å². The van der Waals surface area contributed by atoms with Crippen LogP contribution in [0.2, 0.25) is 0 Å². The van der Waals surface area contributed by atoms with Gasteiger partial charge in [0.25, 0.3) is 0 Å². The molecule has 0 aliphatic rings. The average molecular weight is 413 g/mol. The van der Waals surface area contributed by atoms with Crippen LogP contribution in [-0.4, -0.2) is 16.6 Å². The molecule has 0 spiro atoms. The summed E-state index contributed by atoms with van der Waals surface area (Å²) >= 11 is 0. The van der Waals surface area contributed by atoms with E-state index in [4.69, 9.17) is 9.26 Å². The van der Waals surface area contributed by atoms with Crippen LogP contribution in [0.1, 0.15) is 23.8 Å². The van der Waals surface area contributed by atoms with Crippen molar-refractivity contribution < 1.29 is 23.8 Å². The fraction of sp³-hybridized carbons (Fsp3) is 0.182. The van der Waals surface area contributed by atoms with E-state index >= 15 is 0 Å². The molecule has 0 aliphatic carbocycles. The van der Waals surface area contributed by atoms with Gasteiger partial charge in [-0.15, -0.1) is 0 Å². The lowest BCUT2D eigenvalue weighted by Crippen LogP contribution is -2.14. The molecule has 7 heteroatoms. The van der Waals surface area contributed by atoms with Crippen LogP contribution in [0, 0.1) is 6.92 Å². The lowest BCUT2D eigenvalue weighted by atomic mass is 10.2. The first-order valence-corrected chi connectivity index (χ1v) is 10.9. The predicted molar refractivity (Wildman–Crippen MR) is 114 cm³/mol. The van der Waals surface area contributed by atoms with Crippen LogP contribution in [0.4, 0.5) is 5.69 Å². The summed E-state index contributed by atoms with van der Waals surface area (Å²) in [5.74, 6) is -0.292. The number of phenolic OH excluding ortho intramolecular Hbond substituents is 1. The zero-order valence-corrected chi connectivity index (χ0v) is 17.2. The Morgan fingerprint density at radius 3 is 2.31 bits per heavy atom.